The second kappa shape index (κ2) is 16.4. The smallest absolute Gasteiger partial charge is 0.358 e. The van der Waals surface area contributed by atoms with Gasteiger partial charge in [-0.2, -0.15) is 12.6 Å². The molecule has 0 aromatic rings. The molecule has 2 atom stereocenters. The lowest BCUT2D eigenvalue weighted by atomic mass is 9.99. The Balaban J connectivity index is 2.32. The summed E-state index contributed by atoms with van der Waals surface area (Å²) < 4.78 is 12.7. The minimum atomic E-state index is -2.09. The predicted molar refractivity (Wildman–Crippen MR) is 119 cm³/mol. The zero-order valence-corrected chi connectivity index (χ0v) is 19.5. The monoisotopic (exact) mass is 403 g/mol. The van der Waals surface area contributed by atoms with Crippen LogP contribution in [-0.2, 0) is 8.95 Å². The van der Waals surface area contributed by atoms with Gasteiger partial charge in [0.15, 0.2) is 0 Å². The molecule has 1 aliphatic rings. The SMILES string of the molecule is CCCCCCCCCC[Si]1(CCCS)OCCC(CCCC)CNO1. The highest BCUT2D eigenvalue weighted by molar-refractivity contribution is 7.80. The van der Waals surface area contributed by atoms with Crippen LogP contribution >= 0.6 is 12.6 Å². The third-order valence-corrected chi connectivity index (χ3v) is 9.41. The highest BCUT2D eigenvalue weighted by Gasteiger charge is 2.38. The summed E-state index contributed by atoms with van der Waals surface area (Å²) in [4.78, 5) is 0. The Hall–Kier alpha value is 0.447. The van der Waals surface area contributed by atoms with Gasteiger partial charge in [0.1, 0.15) is 0 Å². The number of hydroxylamine groups is 1. The van der Waals surface area contributed by atoms with Crippen molar-refractivity contribution in [3.63, 3.8) is 0 Å². The van der Waals surface area contributed by atoms with Crippen molar-refractivity contribution in [1.29, 1.82) is 0 Å². The lowest BCUT2D eigenvalue weighted by Crippen LogP contribution is -2.49. The molecular formula is C21H45NO2SSi. The zero-order valence-electron chi connectivity index (χ0n) is 17.6. The van der Waals surface area contributed by atoms with Crippen molar-refractivity contribution >= 4 is 21.2 Å². The van der Waals surface area contributed by atoms with E-state index >= 15 is 0 Å². The molecule has 0 aliphatic carbocycles. The second-order valence-electron chi connectivity index (χ2n) is 8.06. The first-order valence-electron chi connectivity index (χ1n) is 11.4. The normalized spacial score (nSPS) is 24.3. The standard InChI is InChI=1S/C21H45NO2SSi/c1-3-5-7-8-9-10-11-12-18-26(19-13-17-25)23-16-15-21(14-6-4-2)20-22-24-26/h21-22,25H,3-20H2,1-2H3. The highest BCUT2D eigenvalue weighted by atomic mass is 32.1. The van der Waals surface area contributed by atoms with Gasteiger partial charge in [0.2, 0.25) is 0 Å². The van der Waals surface area contributed by atoms with Gasteiger partial charge in [-0.05, 0) is 43.0 Å². The first kappa shape index (κ1) is 24.5. The molecule has 1 heterocycles. The molecule has 0 amide bonds. The van der Waals surface area contributed by atoms with Gasteiger partial charge in [-0.25, -0.2) is 5.48 Å². The Bertz CT molecular complexity index is 310. The van der Waals surface area contributed by atoms with E-state index in [2.05, 4.69) is 32.0 Å². The first-order valence-corrected chi connectivity index (χ1v) is 14.3. The predicted octanol–water partition coefficient (Wildman–Crippen LogP) is 6.64. The summed E-state index contributed by atoms with van der Waals surface area (Å²) in [7, 11) is -2.09. The number of hydrogen-bond acceptors (Lipinski definition) is 4. The molecule has 1 fully saturated rings. The van der Waals surface area contributed by atoms with Crippen molar-refractivity contribution in [2.45, 2.75) is 109 Å². The minimum Gasteiger partial charge on any atom is -0.393 e. The highest BCUT2D eigenvalue weighted by Crippen LogP contribution is 2.27. The molecule has 156 valence electrons. The van der Waals surface area contributed by atoms with Gasteiger partial charge in [0.25, 0.3) is 0 Å². The number of thiol groups is 1. The van der Waals surface area contributed by atoms with Gasteiger partial charge in [-0.15, -0.1) is 0 Å². The van der Waals surface area contributed by atoms with E-state index in [1.165, 1.54) is 77.0 Å². The van der Waals surface area contributed by atoms with Crippen molar-refractivity contribution in [1.82, 2.24) is 5.48 Å². The Morgan fingerprint density at radius 2 is 1.54 bits per heavy atom. The molecule has 1 saturated heterocycles. The Labute approximate surface area is 170 Å². The maximum atomic E-state index is 6.46. The van der Waals surface area contributed by atoms with Crippen LogP contribution in [0.25, 0.3) is 0 Å². The van der Waals surface area contributed by atoms with Gasteiger partial charge in [0, 0.05) is 13.2 Å². The summed E-state index contributed by atoms with van der Waals surface area (Å²) in [5.74, 6) is 1.63. The van der Waals surface area contributed by atoms with Crippen LogP contribution < -0.4 is 5.48 Å². The molecule has 5 heteroatoms. The number of unbranched alkanes of at least 4 members (excludes halogenated alkanes) is 8. The van der Waals surface area contributed by atoms with Gasteiger partial charge >= 0.3 is 8.56 Å². The average Bonchev–Trinajstić information content (AvgIpc) is 2.63. The van der Waals surface area contributed by atoms with E-state index in [0.29, 0.717) is 5.92 Å². The van der Waals surface area contributed by atoms with E-state index in [-0.39, 0.29) is 0 Å². The number of hydrogen-bond donors (Lipinski definition) is 2. The van der Waals surface area contributed by atoms with E-state index in [1.807, 2.05) is 0 Å². The van der Waals surface area contributed by atoms with Crippen LogP contribution in [-0.4, -0.2) is 27.5 Å². The topological polar surface area (TPSA) is 30.5 Å². The van der Waals surface area contributed by atoms with Gasteiger partial charge in [-0.1, -0.05) is 78.1 Å². The van der Waals surface area contributed by atoms with Crippen molar-refractivity contribution in [2.24, 2.45) is 5.92 Å². The molecule has 0 aromatic heterocycles. The molecular weight excluding hydrogens is 358 g/mol. The molecule has 3 nitrogen and oxygen atoms in total. The molecule has 2 unspecified atom stereocenters. The minimum absolute atomic E-state index is 0.704. The first-order chi connectivity index (χ1) is 12.8. The lowest BCUT2D eigenvalue weighted by Gasteiger charge is -2.34. The van der Waals surface area contributed by atoms with Crippen LogP contribution in [0.4, 0.5) is 0 Å². The van der Waals surface area contributed by atoms with E-state index in [9.17, 15) is 0 Å². The van der Waals surface area contributed by atoms with Crippen LogP contribution in [0.2, 0.25) is 12.1 Å². The van der Waals surface area contributed by atoms with E-state index in [0.717, 1.165) is 37.4 Å². The maximum absolute atomic E-state index is 6.46. The Morgan fingerprint density at radius 3 is 2.23 bits per heavy atom. The fourth-order valence-electron chi connectivity index (χ4n) is 3.82. The summed E-state index contributed by atoms with van der Waals surface area (Å²) in [5.41, 5.74) is 3.33. The molecule has 0 saturated carbocycles. The molecule has 0 bridgehead atoms. The average molecular weight is 404 g/mol. The van der Waals surface area contributed by atoms with Gasteiger partial charge in [0.05, 0.1) is 0 Å². The second-order valence-corrected chi connectivity index (χ2v) is 11.8. The molecule has 1 N–H and O–H groups in total. The van der Waals surface area contributed by atoms with E-state index < -0.39 is 8.56 Å². The van der Waals surface area contributed by atoms with Crippen molar-refractivity contribution in [2.75, 3.05) is 18.9 Å². The van der Waals surface area contributed by atoms with E-state index in [4.69, 9.17) is 8.95 Å². The van der Waals surface area contributed by atoms with Crippen LogP contribution in [0.1, 0.15) is 97.3 Å². The van der Waals surface area contributed by atoms with Crippen LogP contribution in [0.15, 0.2) is 0 Å². The van der Waals surface area contributed by atoms with Crippen LogP contribution in [0, 0.1) is 5.92 Å². The Morgan fingerprint density at radius 1 is 0.885 bits per heavy atom. The Kier molecular flexibility index (Phi) is 15.4. The van der Waals surface area contributed by atoms with Crippen molar-refractivity contribution < 1.29 is 8.95 Å². The molecule has 1 rings (SSSR count). The fourth-order valence-corrected chi connectivity index (χ4v) is 7.42. The van der Waals surface area contributed by atoms with Gasteiger partial charge < -0.3 is 8.95 Å². The quantitative estimate of drug-likeness (QED) is 0.182. The van der Waals surface area contributed by atoms with Crippen molar-refractivity contribution in [3.05, 3.63) is 0 Å². The van der Waals surface area contributed by atoms with Crippen molar-refractivity contribution in [3.8, 4) is 0 Å². The third-order valence-electron chi connectivity index (χ3n) is 5.61. The largest absolute Gasteiger partial charge is 0.393 e. The number of nitrogens with one attached hydrogen (secondary N) is 1. The summed E-state index contributed by atoms with van der Waals surface area (Å²) in [6, 6.07) is 2.22. The molecule has 0 radical (unpaired) electrons. The summed E-state index contributed by atoms with van der Waals surface area (Å²) in [6.45, 7) is 6.44. The summed E-state index contributed by atoms with van der Waals surface area (Å²) in [6.07, 6.45) is 17.1. The number of rotatable bonds is 15. The summed E-state index contributed by atoms with van der Waals surface area (Å²) >= 11 is 4.41. The van der Waals surface area contributed by atoms with Crippen LogP contribution in [0.5, 0.6) is 0 Å². The maximum Gasteiger partial charge on any atom is 0.358 e. The molecule has 26 heavy (non-hydrogen) atoms. The van der Waals surface area contributed by atoms with Gasteiger partial charge in [-0.3, -0.25) is 0 Å². The lowest BCUT2D eigenvalue weighted by molar-refractivity contribution is 0.0632. The fraction of sp³-hybridized carbons (Fsp3) is 1.00. The third kappa shape index (κ3) is 11.3. The zero-order chi connectivity index (χ0) is 18.9. The molecule has 0 aromatic carbocycles. The summed E-state index contributed by atoms with van der Waals surface area (Å²) in [5, 5.41) is 0. The van der Waals surface area contributed by atoms with Crippen LogP contribution in [0.3, 0.4) is 0 Å². The molecule has 0 spiro atoms. The van der Waals surface area contributed by atoms with E-state index in [1.54, 1.807) is 0 Å². The molecule has 1 aliphatic heterocycles.